The van der Waals surface area contributed by atoms with E-state index in [9.17, 15) is 4.79 Å². The van der Waals surface area contributed by atoms with Crippen molar-refractivity contribution >= 4 is 23.2 Å². The Bertz CT molecular complexity index is 503. The Balaban J connectivity index is 2.14. The summed E-state index contributed by atoms with van der Waals surface area (Å²) in [5, 5.41) is 10.2. The zero-order chi connectivity index (χ0) is 11.4. The van der Waals surface area contributed by atoms with Crippen LogP contribution in [0.3, 0.4) is 0 Å². The fourth-order valence-electron chi connectivity index (χ4n) is 1.11. The number of carbonyl (C=O) groups excluding carboxylic acids is 1. The predicted molar refractivity (Wildman–Crippen MR) is 59.2 cm³/mol. The summed E-state index contributed by atoms with van der Waals surface area (Å²) < 4.78 is 0. The molecule has 0 unspecified atom stereocenters. The van der Waals surface area contributed by atoms with Gasteiger partial charge < -0.3 is 5.32 Å². The van der Waals surface area contributed by atoms with E-state index in [-0.39, 0.29) is 5.91 Å². The normalized spacial score (nSPS) is 9.81. The lowest BCUT2D eigenvalue weighted by Crippen LogP contribution is -2.12. The first kappa shape index (κ1) is 10.5. The first-order chi connectivity index (χ1) is 7.75. The van der Waals surface area contributed by atoms with Crippen LogP contribution in [0.5, 0.6) is 0 Å². The summed E-state index contributed by atoms with van der Waals surface area (Å²) >= 11 is 5.69. The minimum Gasteiger partial charge on any atom is -0.322 e. The van der Waals surface area contributed by atoms with Crippen LogP contribution in [0.25, 0.3) is 0 Å². The summed E-state index contributed by atoms with van der Waals surface area (Å²) in [5.74, 6) is -0.267. The molecular formula is C10H7ClN4O. The Labute approximate surface area is 96.5 Å². The van der Waals surface area contributed by atoms with Gasteiger partial charge >= 0.3 is 0 Å². The van der Waals surface area contributed by atoms with E-state index in [4.69, 9.17) is 11.6 Å². The first-order valence-corrected chi connectivity index (χ1v) is 4.83. The molecule has 2 aromatic rings. The number of carbonyl (C=O) groups is 1. The molecule has 0 aromatic carbocycles. The number of rotatable bonds is 2. The minimum atomic E-state index is -0.267. The highest BCUT2D eigenvalue weighted by Crippen LogP contribution is 2.12. The molecular weight excluding hydrogens is 228 g/mol. The minimum absolute atomic E-state index is 0.267. The lowest BCUT2D eigenvalue weighted by molar-refractivity contribution is 0.102. The highest BCUT2D eigenvalue weighted by molar-refractivity contribution is 6.29. The molecule has 0 spiro atoms. The second kappa shape index (κ2) is 4.67. The molecule has 0 aliphatic heterocycles. The number of pyridine rings is 1. The van der Waals surface area contributed by atoms with Gasteiger partial charge in [-0.1, -0.05) is 11.6 Å². The van der Waals surface area contributed by atoms with Crippen LogP contribution in [0.1, 0.15) is 10.4 Å². The second-order valence-corrected chi connectivity index (χ2v) is 3.34. The van der Waals surface area contributed by atoms with Crippen LogP contribution in [-0.4, -0.2) is 21.1 Å². The zero-order valence-corrected chi connectivity index (χ0v) is 8.85. The van der Waals surface area contributed by atoms with Crippen molar-refractivity contribution in [2.45, 2.75) is 0 Å². The zero-order valence-electron chi connectivity index (χ0n) is 8.09. The van der Waals surface area contributed by atoms with Gasteiger partial charge in [-0.15, -0.1) is 0 Å². The maximum Gasteiger partial charge on any atom is 0.257 e. The Morgan fingerprint density at radius 3 is 2.81 bits per heavy atom. The summed E-state index contributed by atoms with van der Waals surface area (Å²) in [5.41, 5.74) is 1.02. The van der Waals surface area contributed by atoms with Gasteiger partial charge in [-0.2, -0.15) is 10.2 Å². The van der Waals surface area contributed by atoms with Crippen molar-refractivity contribution in [1.82, 2.24) is 15.2 Å². The molecule has 0 aliphatic rings. The molecule has 2 aromatic heterocycles. The van der Waals surface area contributed by atoms with Crippen molar-refractivity contribution in [2.24, 2.45) is 0 Å². The number of aromatic nitrogens is 3. The summed E-state index contributed by atoms with van der Waals surface area (Å²) in [6, 6.07) is 4.79. The lowest BCUT2D eigenvalue weighted by atomic mass is 10.3. The van der Waals surface area contributed by atoms with Gasteiger partial charge in [0, 0.05) is 11.9 Å². The molecule has 2 rings (SSSR count). The summed E-state index contributed by atoms with van der Waals surface area (Å²) in [4.78, 5) is 15.5. The molecule has 80 valence electrons. The van der Waals surface area contributed by atoms with E-state index >= 15 is 0 Å². The number of nitrogens with zero attached hydrogens (tertiary/aromatic N) is 3. The summed E-state index contributed by atoms with van der Waals surface area (Å²) in [6.45, 7) is 0. The van der Waals surface area contributed by atoms with Crippen molar-refractivity contribution in [1.29, 1.82) is 0 Å². The third-order valence-corrected chi connectivity index (χ3v) is 2.04. The maximum atomic E-state index is 11.7. The van der Waals surface area contributed by atoms with Crippen LogP contribution >= 0.6 is 11.6 Å². The number of hydrogen-bond donors (Lipinski definition) is 1. The van der Waals surface area contributed by atoms with Crippen LogP contribution < -0.4 is 5.32 Å². The number of anilines is 1. The topological polar surface area (TPSA) is 67.8 Å². The van der Waals surface area contributed by atoms with Gasteiger partial charge in [0.25, 0.3) is 5.91 Å². The van der Waals surface area contributed by atoms with E-state index in [1.54, 1.807) is 18.2 Å². The van der Waals surface area contributed by atoms with Crippen LogP contribution in [0.2, 0.25) is 5.15 Å². The Hall–Kier alpha value is -2.01. The van der Waals surface area contributed by atoms with Gasteiger partial charge in [0.05, 0.1) is 18.0 Å². The molecule has 0 saturated carbocycles. The smallest absolute Gasteiger partial charge is 0.257 e. The number of nitrogens with one attached hydrogen (secondary N) is 1. The van der Waals surface area contributed by atoms with E-state index in [2.05, 4.69) is 20.5 Å². The van der Waals surface area contributed by atoms with Crippen LogP contribution in [0.15, 0.2) is 36.8 Å². The summed E-state index contributed by atoms with van der Waals surface area (Å²) in [7, 11) is 0. The molecule has 0 atom stereocenters. The molecule has 0 fully saturated rings. The van der Waals surface area contributed by atoms with Crippen molar-refractivity contribution in [2.75, 3.05) is 5.32 Å². The van der Waals surface area contributed by atoms with Crippen molar-refractivity contribution in [3.05, 3.63) is 47.5 Å². The van der Waals surface area contributed by atoms with Crippen molar-refractivity contribution in [3.63, 3.8) is 0 Å². The second-order valence-electron chi connectivity index (χ2n) is 2.95. The van der Waals surface area contributed by atoms with E-state index in [1.165, 1.54) is 18.6 Å². The van der Waals surface area contributed by atoms with Gasteiger partial charge in [-0.05, 0) is 18.2 Å². The Morgan fingerprint density at radius 2 is 2.12 bits per heavy atom. The highest BCUT2D eigenvalue weighted by Gasteiger charge is 2.05. The molecule has 0 radical (unpaired) electrons. The van der Waals surface area contributed by atoms with Crippen molar-refractivity contribution < 1.29 is 4.79 Å². The van der Waals surface area contributed by atoms with Gasteiger partial charge in [-0.25, -0.2) is 4.98 Å². The fraction of sp³-hybridized carbons (Fsp3) is 0. The van der Waals surface area contributed by atoms with E-state index in [1.807, 2.05) is 0 Å². The number of hydrogen-bond acceptors (Lipinski definition) is 4. The van der Waals surface area contributed by atoms with Gasteiger partial charge in [-0.3, -0.25) is 4.79 Å². The van der Waals surface area contributed by atoms with Crippen molar-refractivity contribution in [3.8, 4) is 0 Å². The molecule has 1 amide bonds. The fourth-order valence-corrected chi connectivity index (χ4v) is 1.28. The standard InChI is InChI=1S/C10H7ClN4O/c11-9-5-8(2-3-12-9)15-10(16)7-1-4-13-14-6-7/h1-6H,(H,12,15,16). The maximum absolute atomic E-state index is 11.7. The third kappa shape index (κ3) is 2.52. The average molecular weight is 235 g/mol. The molecule has 0 saturated heterocycles. The SMILES string of the molecule is O=C(Nc1ccnc(Cl)c1)c1ccnnc1. The molecule has 6 heteroatoms. The predicted octanol–water partition coefficient (Wildman–Crippen LogP) is 1.78. The van der Waals surface area contributed by atoms with E-state index < -0.39 is 0 Å². The Morgan fingerprint density at radius 1 is 1.25 bits per heavy atom. The molecule has 0 bridgehead atoms. The Kier molecular flexibility index (Phi) is 3.07. The number of amides is 1. The van der Waals surface area contributed by atoms with Gasteiger partial charge in [0.2, 0.25) is 0 Å². The molecule has 5 nitrogen and oxygen atoms in total. The number of halogens is 1. The van der Waals surface area contributed by atoms with Crippen LogP contribution in [0, 0.1) is 0 Å². The molecule has 0 aliphatic carbocycles. The largest absolute Gasteiger partial charge is 0.322 e. The van der Waals surface area contributed by atoms with Gasteiger partial charge in [0.15, 0.2) is 0 Å². The summed E-state index contributed by atoms with van der Waals surface area (Å²) in [6.07, 6.45) is 4.36. The molecule has 1 N–H and O–H groups in total. The quantitative estimate of drug-likeness (QED) is 0.805. The van der Waals surface area contributed by atoms with E-state index in [0.29, 0.717) is 16.4 Å². The van der Waals surface area contributed by atoms with E-state index in [0.717, 1.165) is 0 Å². The first-order valence-electron chi connectivity index (χ1n) is 4.45. The molecule has 2 heterocycles. The lowest BCUT2D eigenvalue weighted by Gasteiger charge is -2.03. The monoisotopic (exact) mass is 234 g/mol. The third-order valence-electron chi connectivity index (χ3n) is 1.83. The molecule has 16 heavy (non-hydrogen) atoms. The van der Waals surface area contributed by atoms with Crippen LogP contribution in [0.4, 0.5) is 5.69 Å². The van der Waals surface area contributed by atoms with Gasteiger partial charge in [0.1, 0.15) is 5.15 Å². The highest BCUT2D eigenvalue weighted by atomic mass is 35.5. The average Bonchev–Trinajstić information content (AvgIpc) is 2.30. The van der Waals surface area contributed by atoms with Crippen LogP contribution in [-0.2, 0) is 0 Å².